The normalized spacial score (nSPS) is 23.4. The standard InChI is InChI=1S/C14H26N2O4/c1-10-7-8-11(12(17)15(5)19-6)16(9-10)13(18)20-14(2,3)4/h10-11H,7-9H2,1-6H3. The maximum atomic E-state index is 12.3. The molecule has 0 bridgehead atoms. The zero-order valence-corrected chi connectivity index (χ0v) is 13.3. The molecule has 1 heterocycles. The first kappa shape index (κ1) is 16.8. The van der Waals surface area contributed by atoms with Crippen molar-refractivity contribution in [1.29, 1.82) is 0 Å². The van der Waals surface area contributed by atoms with Gasteiger partial charge >= 0.3 is 6.09 Å². The van der Waals surface area contributed by atoms with Crippen LogP contribution in [-0.4, -0.2) is 54.3 Å². The van der Waals surface area contributed by atoms with E-state index in [4.69, 9.17) is 9.57 Å². The quantitative estimate of drug-likeness (QED) is 0.729. The second-order valence-electron chi connectivity index (χ2n) is 6.35. The van der Waals surface area contributed by atoms with Gasteiger partial charge in [0.05, 0.1) is 7.11 Å². The Balaban J connectivity index is 2.85. The van der Waals surface area contributed by atoms with Crippen LogP contribution in [0.3, 0.4) is 0 Å². The van der Waals surface area contributed by atoms with E-state index in [0.717, 1.165) is 11.5 Å². The van der Waals surface area contributed by atoms with E-state index in [2.05, 4.69) is 6.92 Å². The van der Waals surface area contributed by atoms with Gasteiger partial charge in [0, 0.05) is 13.6 Å². The van der Waals surface area contributed by atoms with E-state index in [1.54, 1.807) is 7.05 Å². The van der Waals surface area contributed by atoms with Gasteiger partial charge in [-0.15, -0.1) is 0 Å². The topological polar surface area (TPSA) is 59.1 Å². The maximum Gasteiger partial charge on any atom is 0.410 e. The lowest BCUT2D eigenvalue weighted by Crippen LogP contribution is -2.54. The average molecular weight is 286 g/mol. The Hall–Kier alpha value is -1.30. The van der Waals surface area contributed by atoms with Gasteiger partial charge in [-0.1, -0.05) is 6.92 Å². The van der Waals surface area contributed by atoms with Crippen LogP contribution in [0.15, 0.2) is 0 Å². The fraction of sp³-hybridized carbons (Fsp3) is 0.857. The number of hydrogen-bond donors (Lipinski definition) is 0. The first-order chi connectivity index (χ1) is 9.15. The van der Waals surface area contributed by atoms with E-state index in [9.17, 15) is 9.59 Å². The van der Waals surface area contributed by atoms with Crippen LogP contribution >= 0.6 is 0 Å². The lowest BCUT2D eigenvalue weighted by molar-refractivity contribution is -0.175. The maximum absolute atomic E-state index is 12.3. The smallest absolute Gasteiger partial charge is 0.410 e. The van der Waals surface area contributed by atoms with Gasteiger partial charge in [0.15, 0.2) is 0 Å². The second kappa shape index (κ2) is 6.43. The minimum Gasteiger partial charge on any atom is -0.444 e. The van der Waals surface area contributed by atoms with Gasteiger partial charge in [0.2, 0.25) is 0 Å². The van der Waals surface area contributed by atoms with E-state index >= 15 is 0 Å². The molecule has 6 nitrogen and oxygen atoms in total. The van der Waals surface area contributed by atoms with Crippen molar-refractivity contribution in [3.8, 4) is 0 Å². The summed E-state index contributed by atoms with van der Waals surface area (Å²) in [7, 11) is 2.98. The van der Waals surface area contributed by atoms with Crippen LogP contribution in [0.1, 0.15) is 40.5 Å². The lowest BCUT2D eigenvalue weighted by Gasteiger charge is -2.39. The minimum atomic E-state index is -0.571. The predicted molar refractivity (Wildman–Crippen MR) is 74.9 cm³/mol. The molecule has 2 atom stereocenters. The molecule has 0 spiro atoms. The summed E-state index contributed by atoms with van der Waals surface area (Å²) in [6.07, 6.45) is 1.10. The third-order valence-corrected chi connectivity index (χ3v) is 3.31. The molecule has 20 heavy (non-hydrogen) atoms. The molecule has 2 unspecified atom stereocenters. The van der Waals surface area contributed by atoms with Gasteiger partial charge in [0.1, 0.15) is 11.6 Å². The van der Waals surface area contributed by atoms with Crippen LogP contribution in [0.25, 0.3) is 0 Å². The number of rotatable bonds is 2. The number of amides is 2. The molecule has 0 aromatic carbocycles. The molecule has 2 amide bonds. The number of hydroxylamine groups is 2. The summed E-state index contributed by atoms with van der Waals surface area (Å²) in [5.41, 5.74) is -0.571. The fourth-order valence-corrected chi connectivity index (χ4v) is 2.23. The van der Waals surface area contributed by atoms with Gasteiger partial charge in [0.25, 0.3) is 5.91 Å². The number of likely N-dealkylation sites (N-methyl/N-ethyl adjacent to an activating group) is 1. The Bertz CT molecular complexity index is 365. The highest BCUT2D eigenvalue weighted by Gasteiger charge is 2.38. The summed E-state index contributed by atoms with van der Waals surface area (Å²) in [6.45, 7) is 8.05. The van der Waals surface area contributed by atoms with Gasteiger partial charge in [-0.2, -0.15) is 0 Å². The zero-order valence-electron chi connectivity index (χ0n) is 13.3. The summed E-state index contributed by atoms with van der Waals surface area (Å²) in [6, 6.07) is -0.508. The Kier molecular flexibility index (Phi) is 5.39. The van der Waals surface area contributed by atoms with Crippen LogP contribution in [0.4, 0.5) is 4.79 Å². The molecule has 0 aromatic heterocycles. The Morgan fingerprint density at radius 1 is 1.25 bits per heavy atom. The van der Waals surface area contributed by atoms with Crippen LogP contribution in [0.2, 0.25) is 0 Å². The van der Waals surface area contributed by atoms with Gasteiger partial charge < -0.3 is 4.74 Å². The van der Waals surface area contributed by atoms with Crippen molar-refractivity contribution in [2.24, 2.45) is 5.92 Å². The third kappa shape index (κ3) is 4.37. The fourth-order valence-electron chi connectivity index (χ4n) is 2.23. The first-order valence-corrected chi connectivity index (χ1v) is 6.97. The van der Waals surface area contributed by atoms with E-state index in [1.165, 1.54) is 12.0 Å². The molecular formula is C14H26N2O4. The molecule has 1 fully saturated rings. The average Bonchev–Trinajstić information content (AvgIpc) is 2.34. The van der Waals surface area contributed by atoms with Crippen LogP contribution in [0, 0.1) is 5.92 Å². The molecule has 6 heteroatoms. The van der Waals surface area contributed by atoms with E-state index < -0.39 is 17.7 Å². The summed E-state index contributed by atoms with van der Waals surface area (Å²) in [4.78, 5) is 31.0. The van der Waals surface area contributed by atoms with Crippen molar-refractivity contribution in [2.45, 2.75) is 52.2 Å². The van der Waals surface area contributed by atoms with E-state index in [-0.39, 0.29) is 5.91 Å². The van der Waals surface area contributed by atoms with Crippen molar-refractivity contribution in [1.82, 2.24) is 9.96 Å². The third-order valence-electron chi connectivity index (χ3n) is 3.31. The molecule has 0 N–H and O–H groups in total. The van der Waals surface area contributed by atoms with Crippen molar-refractivity contribution in [2.75, 3.05) is 20.7 Å². The number of likely N-dealkylation sites (tertiary alicyclic amines) is 1. The summed E-state index contributed by atoms with van der Waals surface area (Å²) in [5.74, 6) is 0.143. The van der Waals surface area contributed by atoms with Crippen LogP contribution in [0.5, 0.6) is 0 Å². The van der Waals surface area contributed by atoms with Crippen molar-refractivity contribution >= 4 is 12.0 Å². The molecule has 1 aliphatic rings. The number of carbonyl (C=O) groups is 2. The van der Waals surface area contributed by atoms with Crippen molar-refractivity contribution in [3.05, 3.63) is 0 Å². The van der Waals surface area contributed by atoms with Crippen LogP contribution < -0.4 is 0 Å². The number of hydrogen-bond acceptors (Lipinski definition) is 4. The van der Waals surface area contributed by atoms with E-state index in [1.807, 2.05) is 20.8 Å². The summed E-state index contributed by atoms with van der Waals surface area (Å²) in [5, 5.41) is 1.16. The molecule has 0 saturated carbocycles. The van der Waals surface area contributed by atoms with Gasteiger partial charge in [-0.25, -0.2) is 9.86 Å². The van der Waals surface area contributed by atoms with Crippen molar-refractivity contribution in [3.63, 3.8) is 0 Å². The largest absolute Gasteiger partial charge is 0.444 e. The number of carbonyl (C=O) groups excluding carboxylic acids is 2. The molecule has 116 valence electrons. The second-order valence-corrected chi connectivity index (χ2v) is 6.35. The number of ether oxygens (including phenoxy) is 1. The monoisotopic (exact) mass is 286 g/mol. The zero-order chi connectivity index (χ0) is 15.5. The highest BCUT2D eigenvalue weighted by atomic mass is 16.7. The summed E-state index contributed by atoms with van der Waals surface area (Å²) >= 11 is 0. The molecule has 1 saturated heterocycles. The number of piperidine rings is 1. The molecule has 1 rings (SSSR count). The molecule has 0 aromatic rings. The predicted octanol–water partition coefficient (Wildman–Crippen LogP) is 2.04. The molecule has 0 radical (unpaired) electrons. The lowest BCUT2D eigenvalue weighted by atomic mass is 9.94. The highest BCUT2D eigenvalue weighted by Crippen LogP contribution is 2.25. The van der Waals surface area contributed by atoms with Gasteiger partial charge in [-0.3, -0.25) is 14.5 Å². The Morgan fingerprint density at radius 2 is 1.85 bits per heavy atom. The van der Waals surface area contributed by atoms with E-state index in [0.29, 0.717) is 18.9 Å². The van der Waals surface area contributed by atoms with Crippen LogP contribution in [-0.2, 0) is 14.4 Å². The van der Waals surface area contributed by atoms with Gasteiger partial charge in [-0.05, 0) is 39.5 Å². The first-order valence-electron chi connectivity index (χ1n) is 6.97. The van der Waals surface area contributed by atoms with Crippen molar-refractivity contribution < 1.29 is 19.2 Å². The molecular weight excluding hydrogens is 260 g/mol. The number of nitrogens with zero attached hydrogens (tertiary/aromatic N) is 2. The highest BCUT2D eigenvalue weighted by molar-refractivity contribution is 5.85. The molecule has 0 aliphatic carbocycles. The minimum absolute atomic E-state index is 0.217. The Morgan fingerprint density at radius 3 is 2.35 bits per heavy atom. The SMILES string of the molecule is CON(C)C(=O)C1CCC(C)CN1C(=O)OC(C)(C)C. The summed E-state index contributed by atoms with van der Waals surface area (Å²) < 4.78 is 5.39. The Labute approximate surface area is 121 Å². The molecule has 1 aliphatic heterocycles.